The predicted octanol–water partition coefficient (Wildman–Crippen LogP) is 1.43. The van der Waals surface area contributed by atoms with Gasteiger partial charge in [0.2, 0.25) is 0 Å². The molecule has 0 aliphatic carbocycles. The Bertz CT molecular complexity index is 385. The molecule has 0 aliphatic rings. The molecule has 0 aromatic heterocycles. The van der Waals surface area contributed by atoms with Gasteiger partial charge >= 0.3 is 18.0 Å². The standard InChI is InChI=1S/C13H24N2O5/c1-12(2,3)7-13(4,5)15-11(20)14-8(10(18)19)6-9(16)17/h8H,6-7H2,1-5H3,(H,16,17)(H,18,19)(H2,14,15,20). The minimum atomic E-state index is -1.45. The van der Waals surface area contributed by atoms with Crippen molar-refractivity contribution in [3.8, 4) is 0 Å². The van der Waals surface area contributed by atoms with Crippen molar-refractivity contribution in [1.82, 2.24) is 10.6 Å². The third-order valence-corrected chi connectivity index (χ3v) is 2.41. The number of rotatable bonds is 6. The van der Waals surface area contributed by atoms with Crippen LogP contribution in [0.3, 0.4) is 0 Å². The molecule has 0 radical (unpaired) electrons. The minimum absolute atomic E-state index is 0.00988. The first kappa shape index (κ1) is 18.2. The number of hydrogen-bond acceptors (Lipinski definition) is 3. The first-order valence-corrected chi connectivity index (χ1v) is 6.36. The first-order chi connectivity index (χ1) is 8.82. The van der Waals surface area contributed by atoms with Gasteiger partial charge in [-0.05, 0) is 25.7 Å². The largest absolute Gasteiger partial charge is 0.481 e. The number of urea groups is 1. The molecule has 0 fully saturated rings. The van der Waals surface area contributed by atoms with E-state index >= 15 is 0 Å². The van der Waals surface area contributed by atoms with Crippen molar-refractivity contribution < 1.29 is 24.6 Å². The Morgan fingerprint density at radius 2 is 1.55 bits per heavy atom. The Hall–Kier alpha value is -1.79. The number of carboxylic acid groups (broad SMARTS) is 2. The van der Waals surface area contributed by atoms with Gasteiger partial charge in [-0.2, -0.15) is 0 Å². The fraction of sp³-hybridized carbons (Fsp3) is 0.769. The molecule has 0 aliphatic heterocycles. The van der Waals surface area contributed by atoms with E-state index in [1.54, 1.807) is 0 Å². The fourth-order valence-electron chi connectivity index (χ4n) is 2.25. The molecular formula is C13H24N2O5. The molecule has 20 heavy (non-hydrogen) atoms. The molecule has 116 valence electrons. The molecule has 0 aromatic rings. The lowest BCUT2D eigenvalue weighted by Crippen LogP contribution is -2.54. The zero-order chi connectivity index (χ0) is 16.1. The van der Waals surface area contributed by atoms with Gasteiger partial charge in [0.25, 0.3) is 0 Å². The maximum absolute atomic E-state index is 11.8. The molecule has 0 saturated heterocycles. The van der Waals surface area contributed by atoms with Gasteiger partial charge in [-0.15, -0.1) is 0 Å². The zero-order valence-electron chi connectivity index (χ0n) is 12.6. The van der Waals surface area contributed by atoms with Crippen LogP contribution < -0.4 is 10.6 Å². The van der Waals surface area contributed by atoms with E-state index in [4.69, 9.17) is 10.2 Å². The molecule has 0 spiro atoms. The van der Waals surface area contributed by atoms with Crippen LogP contribution in [0.15, 0.2) is 0 Å². The van der Waals surface area contributed by atoms with Crippen LogP contribution in [0, 0.1) is 5.41 Å². The quantitative estimate of drug-likeness (QED) is 0.590. The average molecular weight is 288 g/mol. The van der Waals surface area contributed by atoms with Crippen LogP contribution in [0.1, 0.15) is 47.5 Å². The molecule has 0 heterocycles. The monoisotopic (exact) mass is 288 g/mol. The van der Waals surface area contributed by atoms with Gasteiger partial charge in [0, 0.05) is 5.54 Å². The van der Waals surface area contributed by atoms with E-state index in [1.165, 1.54) is 0 Å². The number of amides is 2. The Labute approximate surface area is 118 Å². The van der Waals surface area contributed by atoms with E-state index in [0.29, 0.717) is 6.42 Å². The molecule has 0 rings (SSSR count). The first-order valence-electron chi connectivity index (χ1n) is 6.36. The van der Waals surface area contributed by atoms with Crippen LogP contribution in [0.2, 0.25) is 0 Å². The molecule has 1 unspecified atom stereocenters. The van der Waals surface area contributed by atoms with Crippen LogP contribution >= 0.6 is 0 Å². The van der Waals surface area contributed by atoms with Crippen LogP contribution in [0.4, 0.5) is 4.79 Å². The summed E-state index contributed by atoms with van der Waals surface area (Å²) >= 11 is 0. The summed E-state index contributed by atoms with van der Waals surface area (Å²) in [5.41, 5.74) is -0.543. The SMILES string of the molecule is CC(C)(C)CC(C)(C)NC(=O)NC(CC(=O)O)C(=O)O. The fourth-order valence-corrected chi connectivity index (χ4v) is 2.25. The molecule has 2 amide bonds. The predicted molar refractivity (Wildman–Crippen MR) is 73.5 cm³/mol. The third-order valence-electron chi connectivity index (χ3n) is 2.41. The summed E-state index contributed by atoms with van der Waals surface area (Å²) in [5.74, 6) is -2.66. The topological polar surface area (TPSA) is 116 Å². The van der Waals surface area contributed by atoms with E-state index in [1.807, 2.05) is 34.6 Å². The maximum atomic E-state index is 11.8. The van der Waals surface area contributed by atoms with E-state index < -0.39 is 36.0 Å². The Kier molecular flexibility index (Phi) is 5.99. The van der Waals surface area contributed by atoms with E-state index in [0.717, 1.165) is 0 Å². The third kappa shape index (κ3) is 8.34. The summed E-state index contributed by atoms with van der Waals surface area (Å²) in [7, 11) is 0. The highest BCUT2D eigenvalue weighted by Gasteiger charge is 2.29. The summed E-state index contributed by atoms with van der Waals surface area (Å²) in [6.45, 7) is 9.73. The summed E-state index contributed by atoms with van der Waals surface area (Å²) < 4.78 is 0. The molecule has 4 N–H and O–H groups in total. The van der Waals surface area contributed by atoms with Gasteiger partial charge < -0.3 is 20.8 Å². The molecular weight excluding hydrogens is 264 g/mol. The number of carbonyl (C=O) groups excluding carboxylic acids is 1. The van der Waals surface area contributed by atoms with Crippen molar-refractivity contribution in [2.24, 2.45) is 5.41 Å². The number of aliphatic carboxylic acids is 2. The molecule has 7 heteroatoms. The molecule has 1 atom stereocenters. The Morgan fingerprint density at radius 3 is 1.90 bits per heavy atom. The number of nitrogens with one attached hydrogen (secondary N) is 2. The molecule has 0 bridgehead atoms. The summed E-state index contributed by atoms with van der Waals surface area (Å²) in [6.07, 6.45) is 0.0204. The van der Waals surface area contributed by atoms with Gasteiger partial charge in [0.05, 0.1) is 6.42 Å². The van der Waals surface area contributed by atoms with Crippen LogP contribution in [0.25, 0.3) is 0 Å². The van der Waals surface area contributed by atoms with Crippen LogP contribution in [0.5, 0.6) is 0 Å². The second kappa shape index (κ2) is 6.58. The lowest BCUT2D eigenvalue weighted by Gasteiger charge is -2.33. The molecule has 0 saturated carbocycles. The highest BCUT2D eigenvalue weighted by Crippen LogP contribution is 2.26. The Morgan fingerprint density at radius 1 is 1.05 bits per heavy atom. The second-order valence-electron chi connectivity index (χ2n) is 6.71. The summed E-state index contributed by atoms with van der Waals surface area (Å²) in [6, 6.07) is -2.13. The van der Waals surface area contributed by atoms with Gasteiger partial charge in [0.15, 0.2) is 0 Å². The van der Waals surface area contributed by atoms with Crippen molar-refractivity contribution in [3.63, 3.8) is 0 Å². The molecule has 0 aromatic carbocycles. The van der Waals surface area contributed by atoms with Gasteiger partial charge in [-0.1, -0.05) is 20.8 Å². The molecule has 7 nitrogen and oxygen atoms in total. The highest BCUT2D eigenvalue weighted by atomic mass is 16.4. The summed E-state index contributed by atoms with van der Waals surface area (Å²) in [4.78, 5) is 33.2. The maximum Gasteiger partial charge on any atom is 0.326 e. The van der Waals surface area contributed by atoms with E-state index in [9.17, 15) is 14.4 Å². The Balaban J connectivity index is 4.60. The van der Waals surface area contributed by atoms with Crippen molar-refractivity contribution in [1.29, 1.82) is 0 Å². The zero-order valence-corrected chi connectivity index (χ0v) is 12.6. The van der Waals surface area contributed by atoms with E-state index in [-0.39, 0.29) is 5.41 Å². The average Bonchev–Trinajstić information content (AvgIpc) is 2.09. The van der Waals surface area contributed by atoms with Crippen molar-refractivity contribution in [3.05, 3.63) is 0 Å². The summed E-state index contributed by atoms with van der Waals surface area (Å²) in [5, 5.41) is 22.3. The van der Waals surface area contributed by atoms with E-state index in [2.05, 4.69) is 10.6 Å². The van der Waals surface area contributed by atoms with Crippen molar-refractivity contribution in [2.75, 3.05) is 0 Å². The van der Waals surface area contributed by atoms with Gasteiger partial charge in [0.1, 0.15) is 6.04 Å². The van der Waals surface area contributed by atoms with Crippen LogP contribution in [-0.4, -0.2) is 39.8 Å². The van der Waals surface area contributed by atoms with Crippen molar-refractivity contribution >= 4 is 18.0 Å². The van der Waals surface area contributed by atoms with Gasteiger partial charge in [-0.25, -0.2) is 9.59 Å². The lowest BCUT2D eigenvalue weighted by atomic mass is 9.82. The number of carbonyl (C=O) groups is 3. The van der Waals surface area contributed by atoms with Crippen molar-refractivity contribution in [2.45, 2.75) is 59.0 Å². The van der Waals surface area contributed by atoms with Gasteiger partial charge in [-0.3, -0.25) is 4.79 Å². The smallest absolute Gasteiger partial charge is 0.326 e. The highest BCUT2D eigenvalue weighted by molar-refractivity contribution is 5.86. The number of hydrogen-bond donors (Lipinski definition) is 4. The van der Waals surface area contributed by atoms with Crippen LogP contribution in [-0.2, 0) is 9.59 Å². The second-order valence-corrected chi connectivity index (χ2v) is 6.71. The lowest BCUT2D eigenvalue weighted by molar-refractivity contribution is -0.145. The normalized spacial score (nSPS) is 13.4. The minimum Gasteiger partial charge on any atom is -0.481 e. The number of carboxylic acids is 2.